The number of ether oxygens (including phenoxy) is 2. The Bertz CT molecular complexity index is 714. The van der Waals surface area contributed by atoms with E-state index >= 15 is 0 Å². The molecule has 1 saturated carbocycles. The summed E-state index contributed by atoms with van der Waals surface area (Å²) in [5.74, 6) is 2.15. The quantitative estimate of drug-likeness (QED) is 0.852. The van der Waals surface area contributed by atoms with E-state index in [1.54, 1.807) is 11.3 Å². The van der Waals surface area contributed by atoms with E-state index in [2.05, 4.69) is 17.6 Å². The van der Waals surface area contributed by atoms with Gasteiger partial charge in [-0.2, -0.15) is 0 Å². The molecule has 0 amide bonds. The molecule has 0 bridgehead atoms. The standard InChI is InChI=1S/C17H20N2O3S/c1-17(9-20,12-3-4-12)18-7-13-8-23-16(19-13)11-2-5-14-15(6-11)22-10-21-14/h2,5-6,8,12,18,20H,3-4,7,9-10H2,1H3. The van der Waals surface area contributed by atoms with Crippen molar-refractivity contribution in [1.82, 2.24) is 10.3 Å². The first-order chi connectivity index (χ1) is 11.2. The molecule has 1 atom stereocenters. The zero-order valence-corrected chi connectivity index (χ0v) is 13.9. The van der Waals surface area contributed by atoms with Crippen molar-refractivity contribution in [3.8, 4) is 22.1 Å². The van der Waals surface area contributed by atoms with Crippen molar-refractivity contribution in [3.63, 3.8) is 0 Å². The van der Waals surface area contributed by atoms with Crippen LogP contribution in [0.1, 0.15) is 25.5 Å². The van der Waals surface area contributed by atoms with Crippen LogP contribution in [0.15, 0.2) is 23.6 Å². The van der Waals surface area contributed by atoms with Gasteiger partial charge in [0.05, 0.1) is 12.3 Å². The third-order valence-corrected chi connectivity index (χ3v) is 5.59. The van der Waals surface area contributed by atoms with Gasteiger partial charge < -0.3 is 19.9 Å². The van der Waals surface area contributed by atoms with Crippen LogP contribution in [0.25, 0.3) is 10.6 Å². The van der Waals surface area contributed by atoms with Crippen LogP contribution in [-0.4, -0.2) is 29.0 Å². The summed E-state index contributed by atoms with van der Waals surface area (Å²) in [6.07, 6.45) is 2.40. The molecule has 6 heteroatoms. The predicted octanol–water partition coefficient (Wildman–Crippen LogP) is 2.79. The number of nitrogens with zero attached hydrogens (tertiary/aromatic N) is 1. The molecule has 2 N–H and O–H groups in total. The number of benzene rings is 1. The second-order valence-electron chi connectivity index (χ2n) is 6.42. The molecular formula is C17H20N2O3S. The van der Waals surface area contributed by atoms with E-state index in [1.165, 1.54) is 12.8 Å². The van der Waals surface area contributed by atoms with E-state index in [4.69, 9.17) is 14.5 Å². The summed E-state index contributed by atoms with van der Waals surface area (Å²) in [7, 11) is 0. The van der Waals surface area contributed by atoms with Crippen molar-refractivity contribution in [2.45, 2.75) is 31.8 Å². The molecule has 1 unspecified atom stereocenters. The molecule has 0 saturated heterocycles. The lowest BCUT2D eigenvalue weighted by Gasteiger charge is -2.28. The summed E-state index contributed by atoms with van der Waals surface area (Å²) in [6, 6.07) is 5.90. The number of aromatic nitrogens is 1. The number of aliphatic hydroxyl groups is 1. The Morgan fingerprint density at radius 1 is 1.35 bits per heavy atom. The normalized spacial score (nSPS) is 18.9. The fourth-order valence-corrected chi connectivity index (χ4v) is 3.71. The highest BCUT2D eigenvalue weighted by molar-refractivity contribution is 7.13. The molecule has 5 nitrogen and oxygen atoms in total. The van der Waals surface area contributed by atoms with Crippen molar-refractivity contribution in [2.24, 2.45) is 5.92 Å². The Morgan fingerprint density at radius 3 is 2.96 bits per heavy atom. The highest BCUT2D eigenvalue weighted by Gasteiger charge is 2.40. The van der Waals surface area contributed by atoms with Crippen molar-refractivity contribution < 1.29 is 14.6 Å². The van der Waals surface area contributed by atoms with Crippen LogP contribution in [0.5, 0.6) is 11.5 Å². The molecule has 2 aromatic rings. The number of nitrogens with one attached hydrogen (secondary N) is 1. The Balaban J connectivity index is 1.46. The molecule has 23 heavy (non-hydrogen) atoms. The topological polar surface area (TPSA) is 63.6 Å². The summed E-state index contributed by atoms with van der Waals surface area (Å²) in [5.41, 5.74) is 1.85. The van der Waals surface area contributed by atoms with E-state index in [0.717, 1.165) is 27.8 Å². The van der Waals surface area contributed by atoms with Crippen LogP contribution < -0.4 is 14.8 Å². The summed E-state index contributed by atoms with van der Waals surface area (Å²) in [4.78, 5) is 4.70. The molecule has 1 aliphatic heterocycles. The number of aliphatic hydroxyl groups excluding tert-OH is 1. The van der Waals surface area contributed by atoms with Crippen LogP contribution in [0, 0.1) is 5.92 Å². The van der Waals surface area contributed by atoms with Gasteiger partial charge in [0.2, 0.25) is 6.79 Å². The van der Waals surface area contributed by atoms with Gasteiger partial charge >= 0.3 is 0 Å². The molecule has 4 rings (SSSR count). The molecule has 2 aliphatic rings. The number of thiazole rings is 1. The number of hydrogen-bond donors (Lipinski definition) is 2. The second-order valence-corrected chi connectivity index (χ2v) is 7.27. The number of fused-ring (bicyclic) bond motifs is 1. The van der Waals surface area contributed by atoms with Crippen molar-refractivity contribution >= 4 is 11.3 Å². The minimum Gasteiger partial charge on any atom is -0.454 e. The van der Waals surface area contributed by atoms with Gasteiger partial charge in [0.25, 0.3) is 0 Å². The van der Waals surface area contributed by atoms with Gasteiger partial charge in [-0.05, 0) is 43.9 Å². The lowest BCUT2D eigenvalue weighted by atomic mass is 9.97. The molecule has 1 aromatic carbocycles. The highest BCUT2D eigenvalue weighted by atomic mass is 32.1. The van der Waals surface area contributed by atoms with Gasteiger partial charge in [-0.25, -0.2) is 4.98 Å². The third kappa shape index (κ3) is 2.94. The fourth-order valence-electron chi connectivity index (χ4n) is 2.89. The summed E-state index contributed by atoms with van der Waals surface area (Å²) >= 11 is 1.62. The Labute approximate surface area is 139 Å². The molecule has 2 heterocycles. The summed E-state index contributed by atoms with van der Waals surface area (Å²) in [6.45, 7) is 3.22. The van der Waals surface area contributed by atoms with Crippen LogP contribution in [0.2, 0.25) is 0 Å². The van der Waals surface area contributed by atoms with Crippen LogP contribution in [0.4, 0.5) is 0 Å². The molecule has 1 aromatic heterocycles. The minimum atomic E-state index is -0.192. The lowest BCUT2D eigenvalue weighted by Crippen LogP contribution is -2.47. The average molecular weight is 332 g/mol. The zero-order chi connectivity index (χ0) is 15.9. The third-order valence-electron chi connectivity index (χ3n) is 4.65. The van der Waals surface area contributed by atoms with Crippen molar-refractivity contribution in [3.05, 3.63) is 29.3 Å². The predicted molar refractivity (Wildman–Crippen MR) is 88.7 cm³/mol. The van der Waals surface area contributed by atoms with Crippen molar-refractivity contribution in [2.75, 3.05) is 13.4 Å². The largest absolute Gasteiger partial charge is 0.454 e. The Kier molecular flexibility index (Phi) is 3.75. The van der Waals surface area contributed by atoms with Crippen LogP contribution >= 0.6 is 11.3 Å². The maximum Gasteiger partial charge on any atom is 0.231 e. The molecular weight excluding hydrogens is 312 g/mol. The molecule has 0 spiro atoms. The monoisotopic (exact) mass is 332 g/mol. The number of rotatable bonds is 6. The van der Waals surface area contributed by atoms with E-state index < -0.39 is 0 Å². The van der Waals surface area contributed by atoms with Gasteiger partial charge in [0.1, 0.15) is 5.01 Å². The molecule has 1 fully saturated rings. The van der Waals surface area contributed by atoms with Crippen LogP contribution in [0.3, 0.4) is 0 Å². The Morgan fingerprint density at radius 2 is 2.17 bits per heavy atom. The van der Waals surface area contributed by atoms with E-state index in [0.29, 0.717) is 12.5 Å². The smallest absolute Gasteiger partial charge is 0.231 e. The number of hydrogen-bond acceptors (Lipinski definition) is 6. The zero-order valence-electron chi connectivity index (χ0n) is 13.0. The van der Waals surface area contributed by atoms with Gasteiger partial charge in [-0.3, -0.25) is 0 Å². The highest BCUT2D eigenvalue weighted by Crippen LogP contribution is 2.40. The van der Waals surface area contributed by atoms with Gasteiger partial charge in [-0.1, -0.05) is 0 Å². The van der Waals surface area contributed by atoms with Gasteiger partial charge in [0.15, 0.2) is 11.5 Å². The minimum absolute atomic E-state index is 0.164. The van der Waals surface area contributed by atoms with E-state index in [-0.39, 0.29) is 18.9 Å². The molecule has 1 aliphatic carbocycles. The van der Waals surface area contributed by atoms with E-state index in [9.17, 15) is 5.11 Å². The first-order valence-electron chi connectivity index (χ1n) is 7.88. The first kappa shape index (κ1) is 14.9. The van der Waals surface area contributed by atoms with Crippen molar-refractivity contribution in [1.29, 1.82) is 0 Å². The SMILES string of the molecule is CC(CO)(NCc1csc(-c2ccc3c(c2)OCO3)n1)C1CC1. The lowest BCUT2D eigenvalue weighted by molar-refractivity contribution is 0.153. The fraction of sp³-hybridized carbons (Fsp3) is 0.471. The Hall–Kier alpha value is -1.63. The average Bonchev–Trinajstić information content (AvgIpc) is 3.16. The molecule has 0 radical (unpaired) electrons. The first-order valence-corrected chi connectivity index (χ1v) is 8.76. The molecule has 122 valence electrons. The summed E-state index contributed by atoms with van der Waals surface area (Å²) in [5, 5.41) is 16.2. The maximum atomic E-state index is 9.64. The maximum absolute atomic E-state index is 9.64. The van der Waals surface area contributed by atoms with Gasteiger partial charge in [-0.15, -0.1) is 11.3 Å². The summed E-state index contributed by atoms with van der Waals surface area (Å²) < 4.78 is 10.8. The second kappa shape index (κ2) is 5.78. The van der Waals surface area contributed by atoms with Gasteiger partial charge in [0, 0.05) is 23.0 Å². The van der Waals surface area contributed by atoms with E-state index in [1.807, 2.05) is 18.2 Å². The van der Waals surface area contributed by atoms with Crippen LogP contribution in [-0.2, 0) is 6.54 Å².